The van der Waals surface area contributed by atoms with Crippen LogP contribution in [0, 0.1) is 0 Å². The minimum absolute atomic E-state index is 0.316. The van der Waals surface area contributed by atoms with E-state index >= 15 is 0 Å². The molecule has 0 bridgehead atoms. The lowest BCUT2D eigenvalue weighted by Crippen LogP contribution is -2.46. The molecule has 4 heterocycles. The lowest BCUT2D eigenvalue weighted by Gasteiger charge is -2.38. The summed E-state index contributed by atoms with van der Waals surface area (Å²) in [5, 5.41) is 2.09. The Kier molecular flexibility index (Phi) is 6.90. The molecule has 0 aliphatic carbocycles. The van der Waals surface area contributed by atoms with Gasteiger partial charge in [0.2, 0.25) is 5.95 Å². The zero-order chi connectivity index (χ0) is 25.3. The molecule has 0 radical (unpaired) electrons. The maximum atomic E-state index is 11.8. The molecular weight excluding hydrogens is 492 g/mol. The smallest absolute Gasteiger partial charge is 0.225 e. The van der Waals surface area contributed by atoms with E-state index in [0.717, 1.165) is 77.6 Å². The molecular formula is C26H30N6O2S2. The van der Waals surface area contributed by atoms with Crippen molar-refractivity contribution in [2.45, 2.75) is 44.0 Å². The number of aryl methyl sites for hydroxylation is 1. The summed E-state index contributed by atoms with van der Waals surface area (Å²) < 4.78 is 24.7. The maximum Gasteiger partial charge on any atom is 0.225 e. The Morgan fingerprint density at radius 1 is 1.03 bits per heavy atom. The topological polar surface area (TPSA) is 92.2 Å². The van der Waals surface area contributed by atoms with E-state index in [9.17, 15) is 8.42 Å². The molecule has 3 aromatic heterocycles. The van der Waals surface area contributed by atoms with Crippen LogP contribution in [-0.4, -0.2) is 60.3 Å². The second kappa shape index (κ2) is 10.1. The number of aromatic nitrogens is 4. The fourth-order valence-electron chi connectivity index (χ4n) is 4.78. The van der Waals surface area contributed by atoms with E-state index in [2.05, 4.69) is 44.0 Å². The zero-order valence-electron chi connectivity index (χ0n) is 20.8. The van der Waals surface area contributed by atoms with Gasteiger partial charge in [0.05, 0.1) is 15.1 Å². The van der Waals surface area contributed by atoms with Crippen LogP contribution in [0.3, 0.4) is 0 Å². The molecule has 0 unspecified atom stereocenters. The van der Waals surface area contributed by atoms with Crippen molar-refractivity contribution in [2.24, 2.45) is 0 Å². The Labute approximate surface area is 216 Å². The zero-order valence-corrected chi connectivity index (χ0v) is 22.4. The van der Waals surface area contributed by atoms with Gasteiger partial charge in [0.15, 0.2) is 9.84 Å². The Morgan fingerprint density at radius 2 is 1.72 bits per heavy atom. The molecule has 5 rings (SSSR count). The van der Waals surface area contributed by atoms with Gasteiger partial charge >= 0.3 is 0 Å². The minimum atomic E-state index is -3.23. The van der Waals surface area contributed by atoms with E-state index in [4.69, 9.17) is 4.98 Å². The molecule has 10 heteroatoms. The summed E-state index contributed by atoms with van der Waals surface area (Å²) in [6.45, 7) is 6.95. The van der Waals surface area contributed by atoms with Crippen LogP contribution in [0.1, 0.15) is 32.3 Å². The fourth-order valence-corrected chi connectivity index (χ4v) is 6.45. The summed E-state index contributed by atoms with van der Waals surface area (Å²) in [4.78, 5) is 23.4. The number of thiophene rings is 1. The standard InChI is InChI=1S/C26H30N6O2S2/c1-4-18-14-27-26(28-15-18)31-12-10-20(11-13-31)32(5-2)25-24-23(29-17-30-25)22(16-35-24)19-6-8-21(9-7-19)36(3,33)34/h6-9,14-17,20H,4-5,10-13H2,1-3H3. The van der Waals surface area contributed by atoms with Gasteiger partial charge in [0.1, 0.15) is 12.1 Å². The number of benzene rings is 1. The summed E-state index contributed by atoms with van der Waals surface area (Å²) in [6, 6.07) is 7.38. The predicted octanol–water partition coefficient (Wildman–Crippen LogP) is 4.61. The molecule has 1 aromatic carbocycles. The highest BCUT2D eigenvalue weighted by atomic mass is 32.2. The van der Waals surface area contributed by atoms with Crippen molar-refractivity contribution in [3.05, 3.63) is 53.9 Å². The monoisotopic (exact) mass is 522 g/mol. The van der Waals surface area contributed by atoms with E-state index < -0.39 is 9.84 Å². The van der Waals surface area contributed by atoms with E-state index in [-0.39, 0.29) is 0 Å². The van der Waals surface area contributed by atoms with Gasteiger partial charge in [-0.05, 0) is 49.4 Å². The Bertz CT molecular complexity index is 1440. The van der Waals surface area contributed by atoms with Crippen LogP contribution >= 0.6 is 11.3 Å². The molecule has 188 valence electrons. The molecule has 36 heavy (non-hydrogen) atoms. The third-order valence-electron chi connectivity index (χ3n) is 6.83. The lowest BCUT2D eigenvalue weighted by molar-refractivity contribution is 0.463. The maximum absolute atomic E-state index is 11.8. The molecule has 0 atom stereocenters. The molecule has 1 aliphatic rings. The minimum Gasteiger partial charge on any atom is -0.352 e. The largest absolute Gasteiger partial charge is 0.352 e. The van der Waals surface area contributed by atoms with Gasteiger partial charge < -0.3 is 9.80 Å². The summed E-state index contributed by atoms with van der Waals surface area (Å²) in [7, 11) is -3.23. The molecule has 1 saturated heterocycles. The normalized spacial score (nSPS) is 14.9. The van der Waals surface area contributed by atoms with Gasteiger partial charge in [-0.15, -0.1) is 11.3 Å². The van der Waals surface area contributed by atoms with Crippen molar-refractivity contribution in [3.63, 3.8) is 0 Å². The number of anilines is 2. The van der Waals surface area contributed by atoms with Crippen LogP contribution in [0.2, 0.25) is 0 Å². The number of nitrogens with zero attached hydrogens (tertiary/aromatic N) is 6. The third-order valence-corrected chi connectivity index (χ3v) is 8.92. The first-order valence-electron chi connectivity index (χ1n) is 12.2. The van der Waals surface area contributed by atoms with E-state index in [1.807, 2.05) is 24.5 Å². The fraction of sp³-hybridized carbons (Fsp3) is 0.385. The van der Waals surface area contributed by atoms with E-state index in [1.165, 1.54) is 6.26 Å². The molecule has 1 aliphatic heterocycles. The summed E-state index contributed by atoms with van der Waals surface area (Å²) >= 11 is 1.64. The highest BCUT2D eigenvalue weighted by Crippen LogP contribution is 2.38. The predicted molar refractivity (Wildman–Crippen MR) is 146 cm³/mol. The highest BCUT2D eigenvalue weighted by molar-refractivity contribution is 7.90. The highest BCUT2D eigenvalue weighted by Gasteiger charge is 2.28. The van der Waals surface area contributed by atoms with Crippen LogP contribution in [0.4, 0.5) is 11.8 Å². The van der Waals surface area contributed by atoms with E-state index in [0.29, 0.717) is 10.9 Å². The molecule has 0 amide bonds. The van der Waals surface area contributed by atoms with Gasteiger partial charge in [-0.25, -0.2) is 28.4 Å². The first-order chi connectivity index (χ1) is 17.4. The number of fused-ring (bicyclic) bond motifs is 1. The lowest BCUT2D eigenvalue weighted by atomic mass is 10.0. The number of rotatable bonds is 7. The van der Waals surface area contributed by atoms with Crippen molar-refractivity contribution in [1.29, 1.82) is 0 Å². The van der Waals surface area contributed by atoms with Crippen LogP contribution in [-0.2, 0) is 16.3 Å². The van der Waals surface area contributed by atoms with Gasteiger partial charge in [-0.1, -0.05) is 19.1 Å². The first-order valence-corrected chi connectivity index (χ1v) is 15.0. The number of hydrogen-bond acceptors (Lipinski definition) is 9. The average molecular weight is 523 g/mol. The molecule has 0 N–H and O–H groups in total. The molecule has 0 saturated carbocycles. The van der Waals surface area contributed by atoms with Gasteiger partial charge in [-0.3, -0.25) is 0 Å². The van der Waals surface area contributed by atoms with Crippen molar-refractivity contribution < 1.29 is 8.42 Å². The average Bonchev–Trinajstić information content (AvgIpc) is 3.34. The Morgan fingerprint density at radius 3 is 2.33 bits per heavy atom. The number of sulfone groups is 1. The quantitative estimate of drug-likeness (QED) is 0.347. The number of hydrogen-bond donors (Lipinski definition) is 0. The summed E-state index contributed by atoms with van der Waals surface area (Å²) in [5.74, 6) is 1.77. The number of piperidine rings is 1. The second-order valence-electron chi connectivity index (χ2n) is 9.07. The van der Waals surface area contributed by atoms with Crippen LogP contribution < -0.4 is 9.80 Å². The van der Waals surface area contributed by atoms with Crippen LogP contribution in [0.5, 0.6) is 0 Å². The van der Waals surface area contributed by atoms with Crippen LogP contribution in [0.15, 0.2) is 53.3 Å². The Balaban J connectivity index is 1.37. The SMILES string of the molecule is CCc1cnc(N2CCC(N(CC)c3ncnc4c(-c5ccc(S(C)(=O)=O)cc5)csc34)CC2)nc1. The van der Waals surface area contributed by atoms with Crippen molar-refractivity contribution in [3.8, 4) is 11.1 Å². The Hall–Kier alpha value is -3.11. The summed E-state index contributed by atoms with van der Waals surface area (Å²) in [5.41, 5.74) is 4.00. The molecule has 4 aromatic rings. The second-order valence-corrected chi connectivity index (χ2v) is 12.0. The van der Waals surface area contributed by atoms with Crippen molar-refractivity contribution >= 4 is 43.2 Å². The van der Waals surface area contributed by atoms with Gasteiger partial charge in [0, 0.05) is 55.3 Å². The van der Waals surface area contributed by atoms with Crippen LogP contribution in [0.25, 0.3) is 21.3 Å². The summed E-state index contributed by atoms with van der Waals surface area (Å²) in [6.07, 6.45) is 9.66. The van der Waals surface area contributed by atoms with E-state index in [1.54, 1.807) is 29.8 Å². The van der Waals surface area contributed by atoms with Gasteiger partial charge in [-0.2, -0.15) is 0 Å². The third kappa shape index (κ3) is 4.79. The molecule has 8 nitrogen and oxygen atoms in total. The van der Waals surface area contributed by atoms with Crippen molar-refractivity contribution in [1.82, 2.24) is 19.9 Å². The van der Waals surface area contributed by atoms with Gasteiger partial charge in [0.25, 0.3) is 0 Å². The first kappa shape index (κ1) is 24.6. The molecule has 1 fully saturated rings. The molecule has 0 spiro atoms. The van der Waals surface area contributed by atoms with Crippen molar-refractivity contribution in [2.75, 3.05) is 35.7 Å².